The van der Waals surface area contributed by atoms with E-state index in [9.17, 15) is 4.79 Å². The molecule has 6 heteroatoms. The number of hydrogen-bond donors (Lipinski definition) is 2. The highest BCUT2D eigenvalue weighted by Crippen LogP contribution is 2.12. The van der Waals surface area contributed by atoms with Gasteiger partial charge in [0, 0.05) is 31.2 Å². The van der Waals surface area contributed by atoms with Crippen LogP contribution in [0.25, 0.3) is 0 Å². The minimum absolute atomic E-state index is 0.203. The third-order valence-electron chi connectivity index (χ3n) is 2.26. The fraction of sp³-hybridized carbons (Fsp3) is 0.182. The van der Waals surface area contributed by atoms with Gasteiger partial charge in [0.05, 0.1) is 12.1 Å². The number of amides is 1. The molecule has 0 bridgehead atoms. The second-order valence-electron chi connectivity index (χ2n) is 3.34. The first-order valence-corrected chi connectivity index (χ1v) is 5.10. The molecular formula is C11H12N4O2. The number of carbonyl (C=O) groups is 1. The van der Waals surface area contributed by atoms with E-state index < -0.39 is 0 Å². The van der Waals surface area contributed by atoms with Crippen LogP contribution in [0.3, 0.4) is 0 Å². The van der Waals surface area contributed by atoms with Crippen molar-refractivity contribution >= 4 is 11.6 Å². The van der Waals surface area contributed by atoms with Crippen molar-refractivity contribution in [3.05, 3.63) is 42.0 Å². The van der Waals surface area contributed by atoms with Crippen LogP contribution in [0, 0.1) is 0 Å². The van der Waals surface area contributed by atoms with E-state index in [2.05, 4.69) is 25.3 Å². The van der Waals surface area contributed by atoms with Crippen molar-refractivity contribution in [1.82, 2.24) is 15.5 Å². The predicted octanol–water partition coefficient (Wildman–Crippen LogP) is 1.04. The Kier molecular flexibility index (Phi) is 3.34. The van der Waals surface area contributed by atoms with Crippen LogP contribution >= 0.6 is 0 Å². The van der Waals surface area contributed by atoms with Gasteiger partial charge in [-0.1, -0.05) is 5.16 Å². The number of nitrogens with one attached hydrogen (secondary N) is 2. The molecule has 2 rings (SSSR count). The maximum absolute atomic E-state index is 11.9. The molecule has 1 amide bonds. The lowest BCUT2D eigenvalue weighted by molar-refractivity contribution is 0.0950. The van der Waals surface area contributed by atoms with Crippen LogP contribution in [0.5, 0.6) is 0 Å². The molecule has 0 saturated carbocycles. The van der Waals surface area contributed by atoms with Gasteiger partial charge in [-0.3, -0.25) is 9.78 Å². The van der Waals surface area contributed by atoms with E-state index in [1.54, 1.807) is 25.4 Å². The van der Waals surface area contributed by atoms with Crippen molar-refractivity contribution in [3.63, 3.8) is 0 Å². The van der Waals surface area contributed by atoms with Crippen molar-refractivity contribution < 1.29 is 9.32 Å². The zero-order valence-electron chi connectivity index (χ0n) is 9.30. The molecule has 0 atom stereocenters. The summed E-state index contributed by atoms with van der Waals surface area (Å²) in [7, 11) is 1.75. The summed E-state index contributed by atoms with van der Waals surface area (Å²) in [5, 5.41) is 9.37. The first-order chi connectivity index (χ1) is 8.31. The molecule has 17 heavy (non-hydrogen) atoms. The van der Waals surface area contributed by atoms with Gasteiger partial charge in [0.2, 0.25) is 0 Å². The van der Waals surface area contributed by atoms with Crippen LogP contribution in [-0.2, 0) is 6.54 Å². The topological polar surface area (TPSA) is 80.0 Å². The zero-order valence-corrected chi connectivity index (χ0v) is 9.30. The van der Waals surface area contributed by atoms with Crippen LogP contribution in [0.15, 0.2) is 35.3 Å². The lowest BCUT2D eigenvalue weighted by Crippen LogP contribution is -2.24. The number of rotatable bonds is 4. The number of nitrogens with zero attached hydrogens (tertiary/aromatic N) is 2. The maximum atomic E-state index is 11.9. The van der Waals surface area contributed by atoms with E-state index in [-0.39, 0.29) is 5.91 Å². The molecule has 88 valence electrons. The molecule has 0 fully saturated rings. The summed E-state index contributed by atoms with van der Waals surface area (Å²) in [6.07, 6.45) is 4.61. The smallest absolute Gasteiger partial charge is 0.255 e. The van der Waals surface area contributed by atoms with E-state index in [1.807, 2.05) is 0 Å². The minimum Gasteiger partial charge on any atom is -0.387 e. The van der Waals surface area contributed by atoms with Gasteiger partial charge in [-0.05, 0) is 6.07 Å². The van der Waals surface area contributed by atoms with Crippen LogP contribution < -0.4 is 10.6 Å². The quantitative estimate of drug-likeness (QED) is 0.823. The van der Waals surface area contributed by atoms with E-state index in [4.69, 9.17) is 0 Å². The Morgan fingerprint density at radius 1 is 1.47 bits per heavy atom. The van der Waals surface area contributed by atoms with Crippen LogP contribution in [0.4, 0.5) is 5.69 Å². The van der Waals surface area contributed by atoms with Gasteiger partial charge >= 0.3 is 0 Å². The molecule has 0 unspecified atom stereocenters. The van der Waals surface area contributed by atoms with Gasteiger partial charge in [-0.2, -0.15) is 0 Å². The monoisotopic (exact) mass is 232 g/mol. The molecule has 0 saturated heterocycles. The standard InChI is InChI=1S/C11H12N4O2/c1-12-10-2-4-13-7-9(10)11(16)14-6-8-3-5-17-15-8/h2-5,7H,6H2,1H3,(H,12,13)(H,14,16). The van der Waals surface area contributed by atoms with Crippen LogP contribution in [0.1, 0.15) is 16.1 Å². The summed E-state index contributed by atoms with van der Waals surface area (Å²) in [4.78, 5) is 15.8. The van der Waals surface area contributed by atoms with E-state index in [1.165, 1.54) is 12.5 Å². The fourth-order valence-corrected chi connectivity index (χ4v) is 1.39. The largest absolute Gasteiger partial charge is 0.387 e. The van der Waals surface area contributed by atoms with Gasteiger partial charge in [-0.15, -0.1) is 0 Å². The number of anilines is 1. The Balaban J connectivity index is 2.04. The van der Waals surface area contributed by atoms with Crippen LogP contribution in [-0.4, -0.2) is 23.1 Å². The highest BCUT2D eigenvalue weighted by molar-refractivity contribution is 5.99. The van der Waals surface area contributed by atoms with Crippen molar-refractivity contribution in [2.24, 2.45) is 0 Å². The molecular weight excluding hydrogens is 220 g/mol. The van der Waals surface area contributed by atoms with Crippen molar-refractivity contribution in [1.29, 1.82) is 0 Å². The summed E-state index contributed by atoms with van der Waals surface area (Å²) in [5.74, 6) is -0.203. The normalized spacial score (nSPS) is 9.94. The third kappa shape index (κ3) is 2.60. The summed E-state index contributed by atoms with van der Waals surface area (Å²) in [6, 6.07) is 3.44. The molecule has 2 aromatic heterocycles. The predicted molar refractivity (Wildman–Crippen MR) is 61.5 cm³/mol. The van der Waals surface area contributed by atoms with Gasteiger partial charge in [0.1, 0.15) is 12.0 Å². The van der Waals surface area contributed by atoms with Crippen molar-refractivity contribution in [3.8, 4) is 0 Å². The van der Waals surface area contributed by atoms with Gasteiger partial charge in [-0.25, -0.2) is 0 Å². The Morgan fingerprint density at radius 2 is 2.35 bits per heavy atom. The summed E-state index contributed by atoms with van der Waals surface area (Å²) < 4.78 is 4.67. The molecule has 2 aromatic rings. The third-order valence-corrected chi connectivity index (χ3v) is 2.26. The Labute approximate surface area is 98.0 Å². The molecule has 0 spiro atoms. The molecule has 2 heterocycles. The average Bonchev–Trinajstić information content (AvgIpc) is 2.89. The van der Waals surface area contributed by atoms with E-state index in [0.29, 0.717) is 17.8 Å². The lowest BCUT2D eigenvalue weighted by atomic mass is 10.2. The van der Waals surface area contributed by atoms with Gasteiger partial charge in [0.25, 0.3) is 5.91 Å². The second-order valence-corrected chi connectivity index (χ2v) is 3.34. The molecule has 2 N–H and O–H groups in total. The number of hydrogen-bond acceptors (Lipinski definition) is 5. The minimum atomic E-state index is -0.203. The average molecular weight is 232 g/mol. The SMILES string of the molecule is CNc1ccncc1C(=O)NCc1ccon1. The van der Waals surface area contributed by atoms with Gasteiger partial charge < -0.3 is 15.2 Å². The highest BCUT2D eigenvalue weighted by atomic mass is 16.5. The molecule has 0 aromatic carbocycles. The van der Waals surface area contributed by atoms with Crippen molar-refractivity contribution in [2.45, 2.75) is 6.54 Å². The Morgan fingerprint density at radius 3 is 3.06 bits per heavy atom. The number of aromatic nitrogens is 2. The van der Waals surface area contributed by atoms with Gasteiger partial charge in [0.15, 0.2) is 0 Å². The fourth-order valence-electron chi connectivity index (χ4n) is 1.39. The summed E-state index contributed by atoms with van der Waals surface area (Å²) >= 11 is 0. The highest BCUT2D eigenvalue weighted by Gasteiger charge is 2.10. The molecule has 0 aliphatic carbocycles. The number of carbonyl (C=O) groups excluding carboxylic acids is 1. The summed E-state index contributed by atoms with van der Waals surface area (Å²) in [5.41, 5.74) is 1.91. The molecule has 0 aliphatic rings. The first-order valence-electron chi connectivity index (χ1n) is 5.10. The summed E-state index contributed by atoms with van der Waals surface area (Å²) in [6.45, 7) is 0.327. The lowest BCUT2D eigenvalue weighted by Gasteiger charge is -2.07. The Hall–Kier alpha value is -2.37. The molecule has 0 aliphatic heterocycles. The van der Waals surface area contributed by atoms with Crippen LogP contribution in [0.2, 0.25) is 0 Å². The number of pyridine rings is 1. The zero-order chi connectivity index (χ0) is 12.1. The molecule has 6 nitrogen and oxygen atoms in total. The van der Waals surface area contributed by atoms with E-state index >= 15 is 0 Å². The Bertz CT molecular complexity index is 496. The molecule has 0 radical (unpaired) electrons. The second kappa shape index (κ2) is 5.11. The van der Waals surface area contributed by atoms with E-state index in [0.717, 1.165) is 5.69 Å². The maximum Gasteiger partial charge on any atom is 0.255 e. The van der Waals surface area contributed by atoms with Crippen molar-refractivity contribution in [2.75, 3.05) is 12.4 Å². The first kappa shape index (κ1) is 11.1.